The van der Waals surface area contributed by atoms with Crippen molar-refractivity contribution < 1.29 is 19.1 Å². The molecule has 1 spiro atoms. The highest BCUT2D eigenvalue weighted by Crippen LogP contribution is 2.38. The number of hydrogen-bond donors (Lipinski definition) is 0. The van der Waals surface area contributed by atoms with Gasteiger partial charge in [0.1, 0.15) is 5.57 Å². The quantitative estimate of drug-likeness (QED) is 0.466. The Morgan fingerprint density at radius 1 is 1.30 bits per heavy atom. The Morgan fingerprint density at radius 2 is 1.95 bits per heavy atom. The summed E-state index contributed by atoms with van der Waals surface area (Å²) in [6.07, 6.45) is 6.18. The number of carbonyl (C=O) groups is 2. The van der Waals surface area contributed by atoms with Gasteiger partial charge in [-0.15, -0.1) is 0 Å². The van der Waals surface area contributed by atoms with Crippen molar-refractivity contribution in [3.63, 3.8) is 0 Å². The van der Waals surface area contributed by atoms with Gasteiger partial charge in [0.2, 0.25) is 0 Å². The molecule has 6 nitrogen and oxygen atoms in total. The molecule has 1 aromatic heterocycles. The second kappa shape index (κ2) is 4.77. The average Bonchev–Trinajstić information content (AvgIpc) is 3.03. The van der Waals surface area contributed by atoms with E-state index in [1.807, 2.05) is 6.92 Å². The molecule has 0 radical (unpaired) electrons. The molecular formula is C14H16N2O4. The predicted molar refractivity (Wildman–Crippen MR) is 69.3 cm³/mol. The fourth-order valence-corrected chi connectivity index (χ4v) is 2.57. The van der Waals surface area contributed by atoms with Crippen LogP contribution in [0.15, 0.2) is 17.8 Å². The number of esters is 2. The number of rotatable bonds is 2. The molecule has 0 unspecified atom stereocenters. The molecular weight excluding hydrogens is 260 g/mol. The molecule has 2 heterocycles. The first-order chi connectivity index (χ1) is 9.62. The molecule has 20 heavy (non-hydrogen) atoms. The Bertz CT molecular complexity index is 560. The van der Waals surface area contributed by atoms with E-state index in [0.29, 0.717) is 18.5 Å². The van der Waals surface area contributed by atoms with Gasteiger partial charge < -0.3 is 9.47 Å². The number of aryl methyl sites for hydroxylation is 1. The minimum atomic E-state index is -1.02. The highest BCUT2D eigenvalue weighted by atomic mass is 16.7. The summed E-state index contributed by atoms with van der Waals surface area (Å²) < 4.78 is 12.4. The topological polar surface area (TPSA) is 70.4 Å². The zero-order valence-corrected chi connectivity index (χ0v) is 11.3. The third-order valence-electron chi connectivity index (χ3n) is 3.64. The van der Waals surface area contributed by atoms with Gasteiger partial charge in [0.25, 0.3) is 5.79 Å². The molecule has 3 rings (SSSR count). The van der Waals surface area contributed by atoms with E-state index in [4.69, 9.17) is 9.47 Å². The largest absolute Gasteiger partial charge is 0.419 e. The van der Waals surface area contributed by atoms with Crippen LogP contribution in [0.3, 0.4) is 0 Å². The molecule has 1 saturated carbocycles. The maximum absolute atomic E-state index is 12.0. The lowest BCUT2D eigenvalue weighted by Crippen LogP contribution is -2.44. The van der Waals surface area contributed by atoms with Gasteiger partial charge in [-0.2, -0.15) is 5.10 Å². The van der Waals surface area contributed by atoms with Crippen LogP contribution in [0.1, 0.15) is 38.3 Å². The van der Waals surface area contributed by atoms with E-state index in [0.717, 1.165) is 19.4 Å². The van der Waals surface area contributed by atoms with Crippen LogP contribution in [0.25, 0.3) is 6.08 Å². The summed E-state index contributed by atoms with van der Waals surface area (Å²) >= 11 is 0. The highest BCUT2D eigenvalue weighted by molar-refractivity contribution is 6.18. The average molecular weight is 276 g/mol. The summed E-state index contributed by atoms with van der Waals surface area (Å²) in [4.78, 5) is 24.0. The van der Waals surface area contributed by atoms with Crippen molar-refractivity contribution in [2.75, 3.05) is 0 Å². The molecule has 1 aliphatic carbocycles. The third-order valence-corrected chi connectivity index (χ3v) is 3.64. The molecule has 2 fully saturated rings. The van der Waals surface area contributed by atoms with Crippen LogP contribution < -0.4 is 0 Å². The molecule has 1 aliphatic heterocycles. The molecule has 0 aromatic carbocycles. The van der Waals surface area contributed by atoms with Gasteiger partial charge in [0.05, 0.1) is 5.69 Å². The molecule has 2 aliphatic rings. The van der Waals surface area contributed by atoms with Crippen molar-refractivity contribution >= 4 is 18.0 Å². The Labute approximate surface area is 116 Å². The van der Waals surface area contributed by atoms with E-state index in [-0.39, 0.29) is 5.57 Å². The zero-order valence-electron chi connectivity index (χ0n) is 11.3. The Kier molecular flexibility index (Phi) is 3.08. The lowest BCUT2D eigenvalue weighted by Gasteiger charge is -2.32. The van der Waals surface area contributed by atoms with Crippen LogP contribution in [-0.4, -0.2) is 27.5 Å². The summed E-state index contributed by atoms with van der Waals surface area (Å²) in [6.45, 7) is 2.68. The Morgan fingerprint density at radius 3 is 2.50 bits per heavy atom. The van der Waals surface area contributed by atoms with Crippen molar-refractivity contribution in [3.8, 4) is 0 Å². The molecule has 0 amide bonds. The standard InChI is InChI=1S/C14H16N2O4/c1-2-16-8-5-10(15-16)9-11-12(17)19-14(20-13(11)18)6-3-4-7-14/h5,8-9H,2-4,6-7H2,1H3. The van der Waals surface area contributed by atoms with Crippen LogP contribution >= 0.6 is 0 Å². The van der Waals surface area contributed by atoms with Crippen LogP contribution in [0, 0.1) is 0 Å². The van der Waals surface area contributed by atoms with Gasteiger partial charge in [-0.25, -0.2) is 9.59 Å². The second-order valence-electron chi connectivity index (χ2n) is 5.05. The van der Waals surface area contributed by atoms with E-state index in [9.17, 15) is 9.59 Å². The number of carbonyl (C=O) groups excluding carboxylic acids is 2. The normalized spacial score (nSPS) is 20.9. The minimum Gasteiger partial charge on any atom is -0.419 e. The summed E-state index contributed by atoms with van der Waals surface area (Å²) in [7, 11) is 0. The van der Waals surface area contributed by atoms with E-state index in [1.54, 1.807) is 16.9 Å². The zero-order chi connectivity index (χ0) is 14.2. The van der Waals surface area contributed by atoms with Crippen molar-refractivity contribution in [2.45, 2.75) is 44.9 Å². The lowest BCUT2D eigenvalue weighted by atomic mass is 10.1. The first kappa shape index (κ1) is 12.9. The smallest absolute Gasteiger partial charge is 0.348 e. The summed E-state index contributed by atoms with van der Waals surface area (Å²) in [5, 5.41) is 4.21. The van der Waals surface area contributed by atoms with Crippen molar-refractivity contribution in [3.05, 3.63) is 23.5 Å². The van der Waals surface area contributed by atoms with Crippen molar-refractivity contribution in [2.24, 2.45) is 0 Å². The number of ether oxygens (including phenoxy) is 2. The summed E-state index contributed by atoms with van der Waals surface area (Å²) in [5.41, 5.74) is 0.446. The molecule has 1 aromatic rings. The van der Waals surface area contributed by atoms with Gasteiger partial charge in [-0.3, -0.25) is 4.68 Å². The van der Waals surface area contributed by atoms with Crippen LogP contribution in [0.5, 0.6) is 0 Å². The van der Waals surface area contributed by atoms with Crippen molar-refractivity contribution in [1.29, 1.82) is 0 Å². The van der Waals surface area contributed by atoms with Crippen LogP contribution in [0.4, 0.5) is 0 Å². The fraction of sp³-hybridized carbons (Fsp3) is 0.500. The first-order valence-electron chi connectivity index (χ1n) is 6.84. The van der Waals surface area contributed by atoms with E-state index in [1.165, 1.54) is 6.08 Å². The van der Waals surface area contributed by atoms with E-state index >= 15 is 0 Å². The van der Waals surface area contributed by atoms with Gasteiger partial charge >= 0.3 is 11.9 Å². The van der Waals surface area contributed by atoms with E-state index < -0.39 is 17.7 Å². The van der Waals surface area contributed by atoms with Gasteiger partial charge in [-0.1, -0.05) is 0 Å². The van der Waals surface area contributed by atoms with E-state index in [2.05, 4.69) is 5.10 Å². The van der Waals surface area contributed by atoms with Gasteiger partial charge in [-0.05, 0) is 31.9 Å². The van der Waals surface area contributed by atoms with Gasteiger partial charge in [0.15, 0.2) is 0 Å². The molecule has 106 valence electrons. The molecule has 0 N–H and O–H groups in total. The summed E-state index contributed by atoms with van der Waals surface area (Å²) in [5.74, 6) is -2.25. The minimum absolute atomic E-state index is 0.0936. The van der Waals surface area contributed by atoms with Crippen molar-refractivity contribution in [1.82, 2.24) is 9.78 Å². The summed E-state index contributed by atoms with van der Waals surface area (Å²) in [6, 6.07) is 1.73. The molecule has 1 saturated heterocycles. The Balaban J connectivity index is 1.84. The maximum atomic E-state index is 12.0. The number of nitrogens with zero attached hydrogens (tertiary/aromatic N) is 2. The van der Waals surface area contributed by atoms with Gasteiger partial charge in [0, 0.05) is 25.6 Å². The first-order valence-corrected chi connectivity index (χ1v) is 6.84. The third kappa shape index (κ3) is 2.21. The monoisotopic (exact) mass is 276 g/mol. The van der Waals surface area contributed by atoms with Crippen LogP contribution in [-0.2, 0) is 25.6 Å². The highest BCUT2D eigenvalue weighted by Gasteiger charge is 2.47. The molecule has 0 atom stereocenters. The maximum Gasteiger partial charge on any atom is 0.348 e. The SMILES string of the molecule is CCn1ccc(C=C2C(=O)OC3(CCCC3)OC2=O)n1. The number of hydrogen-bond acceptors (Lipinski definition) is 5. The Hall–Kier alpha value is -2.11. The second-order valence-corrected chi connectivity index (χ2v) is 5.05. The fourth-order valence-electron chi connectivity index (χ4n) is 2.57. The molecule has 0 bridgehead atoms. The predicted octanol–water partition coefficient (Wildman–Crippen LogP) is 1.66. The molecule has 6 heteroatoms. The van der Waals surface area contributed by atoms with Crippen LogP contribution in [0.2, 0.25) is 0 Å². The number of aromatic nitrogens is 2. The lowest BCUT2D eigenvalue weighted by molar-refractivity contribution is -0.232.